The number of amides is 1. The van der Waals surface area contributed by atoms with Crippen LogP contribution in [0.4, 0.5) is 4.39 Å². The third-order valence-electron chi connectivity index (χ3n) is 5.22. The Morgan fingerprint density at radius 1 is 0.933 bits per heavy atom. The molecule has 0 saturated carbocycles. The van der Waals surface area contributed by atoms with Gasteiger partial charge in [0.1, 0.15) is 12.1 Å². The van der Waals surface area contributed by atoms with Gasteiger partial charge in [-0.1, -0.05) is 42.5 Å². The summed E-state index contributed by atoms with van der Waals surface area (Å²) >= 11 is 0. The summed E-state index contributed by atoms with van der Waals surface area (Å²) in [5.41, 5.74) is 2.45. The SMILES string of the molecule is O=C(NCc1ccccc1)c1coc(CN2CCN(Cc3ccc(F)cc3)CC2)n1. The molecule has 6 nitrogen and oxygen atoms in total. The number of rotatable bonds is 7. The van der Waals surface area contributed by atoms with Crippen LogP contribution in [0, 0.1) is 5.82 Å². The van der Waals surface area contributed by atoms with E-state index >= 15 is 0 Å². The van der Waals surface area contributed by atoms with Crippen molar-refractivity contribution in [3.05, 3.63) is 89.4 Å². The maximum atomic E-state index is 13.0. The highest BCUT2D eigenvalue weighted by Gasteiger charge is 2.20. The number of nitrogens with one attached hydrogen (secondary N) is 1. The topological polar surface area (TPSA) is 61.6 Å². The first-order chi connectivity index (χ1) is 14.7. The maximum Gasteiger partial charge on any atom is 0.273 e. The van der Waals surface area contributed by atoms with Gasteiger partial charge in [-0.05, 0) is 23.3 Å². The molecule has 30 heavy (non-hydrogen) atoms. The third-order valence-corrected chi connectivity index (χ3v) is 5.22. The first kappa shape index (κ1) is 20.3. The van der Waals surface area contributed by atoms with Gasteiger partial charge < -0.3 is 9.73 Å². The Hall–Kier alpha value is -3.03. The van der Waals surface area contributed by atoms with Crippen LogP contribution in [0.5, 0.6) is 0 Å². The van der Waals surface area contributed by atoms with Gasteiger partial charge in [-0.2, -0.15) is 0 Å². The zero-order valence-electron chi connectivity index (χ0n) is 16.8. The van der Waals surface area contributed by atoms with E-state index in [0.29, 0.717) is 24.7 Å². The minimum Gasteiger partial charge on any atom is -0.447 e. The number of hydrogen-bond donors (Lipinski definition) is 1. The van der Waals surface area contributed by atoms with Crippen molar-refractivity contribution < 1.29 is 13.6 Å². The van der Waals surface area contributed by atoms with Crippen LogP contribution < -0.4 is 5.32 Å². The molecule has 0 atom stereocenters. The molecule has 1 aliphatic heterocycles. The Balaban J connectivity index is 1.22. The van der Waals surface area contributed by atoms with Crippen molar-refractivity contribution in [2.45, 2.75) is 19.6 Å². The van der Waals surface area contributed by atoms with Crippen molar-refractivity contribution in [2.24, 2.45) is 0 Å². The number of carbonyl (C=O) groups excluding carboxylic acids is 1. The number of aromatic nitrogens is 1. The Morgan fingerprint density at radius 2 is 1.60 bits per heavy atom. The molecule has 7 heteroatoms. The highest BCUT2D eigenvalue weighted by atomic mass is 19.1. The summed E-state index contributed by atoms with van der Waals surface area (Å²) in [7, 11) is 0. The molecule has 0 radical (unpaired) electrons. The summed E-state index contributed by atoms with van der Waals surface area (Å²) in [4.78, 5) is 21.2. The van der Waals surface area contributed by atoms with Crippen LogP contribution in [0.3, 0.4) is 0 Å². The molecule has 2 aromatic carbocycles. The largest absolute Gasteiger partial charge is 0.447 e. The van der Waals surface area contributed by atoms with E-state index in [9.17, 15) is 9.18 Å². The van der Waals surface area contributed by atoms with Crippen LogP contribution in [0.2, 0.25) is 0 Å². The van der Waals surface area contributed by atoms with E-state index in [0.717, 1.165) is 43.9 Å². The molecule has 1 aliphatic rings. The predicted molar refractivity (Wildman–Crippen MR) is 111 cm³/mol. The number of hydrogen-bond acceptors (Lipinski definition) is 5. The molecule has 1 N–H and O–H groups in total. The average Bonchev–Trinajstić information content (AvgIpc) is 3.24. The van der Waals surface area contributed by atoms with Crippen LogP contribution in [0.25, 0.3) is 0 Å². The van der Waals surface area contributed by atoms with Crippen LogP contribution >= 0.6 is 0 Å². The quantitative estimate of drug-likeness (QED) is 0.651. The van der Waals surface area contributed by atoms with E-state index in [1.165, 1.54) is 18.4 Å². The number of carbonyl (C=O) groups is 1. The molecule has 4 rings (SSSR count). The van der Waals surface area contributed by atoms with Gasteiger partial charge in [-0.25, -0.2) is 9.37 Å². The zero-order chi connectivity index (χ0) is 20.8. The smallest absolute Gasteiger partial charge is 0.273 e. The number of piperazine rings is 1. The minimum atomic E-state index is -0.238. The molecule has 0 bridgehead atoms. The minimum absolute atomic E-state index is 0.206. The Kier molecular flexibility index (Phi) is 6.51. The van der Waals surface area contributed by atoms with Crippen LogP contribution in [0.15, 0.2) is 65.3 Å². The first-order valence-electron chi connectivity index (χ1n) is 10.1. The third kappa shape index (κ3) is 5.52. The second kappa shape index (κ2) is 9.65. The van der Waals surface area contributed by atoms with Crippen LogP contribution in [-0.4, -0.2) is 46.9 Å². The summed E-state index contributed by atoms with van der Waals surface area (Å²) in [6, 6.07) is 16.4. The summed E-state index contributed by atoms with van der Waals surface area (Å²) in [6.45, 7) is 5.47. The lowest BCUT2D eigenvalue weighted by Crippen LogP contribution is -2.45. The molecular weight excluding hydrogens is 383 g/mol. The second-order valence-corrected chi connectivity index (χ2v) is 7.47. The summed E-state index contributed by atoms with van der Waals surface area (Å²) in [6.07, 6.45) is 1.42. The van der Waals surface area contributed by atoms with Crippen molar-refractivity contribution in [1.29, 1.82) is 0 Å². The van der Waals surface area contributed by atoms with Crippen molar-refractivity contribution in [3.8, 4) is 0 Å². The lowest BCUT2D eigenvalue weighted by molar-refractivity contribution is 0.0945. The zero-order valence-corrected chi connectivity index (χ0v) is 16.8. The van der Waals surface area contributed by atoms with E-state index in [-0.39, 0.29) is 11.7 Å². The maximum absolute atomic E-state index is 13.0. The highest BCUT2D eigenvalue weighted by molar-refractivity contribution is 5.91. The molecule has 156 valence electrons. The number of halogens is 1. The van der Waals surface area contributed by atoms with Gasteiger partial charge in [0.05, 0.1) is 6.54 Å². The molecule has 1 amide bonds. The molecule has 0 unspecified atom stereocenters. The first-order valence-corrected chi connectivity index (χ1v) is 10.1. The standard InChI is InChI=1S/C23H25FN4O2/c24-20-8-6-19(7-9-20)15-27-10-12-28(13-11-27)16-22-26-21(17-30-22)23(29)25-14-18-4-2-1-3-5-18/h1-9,17H,10-16H2,(H,25,29). The fraction of sp³-hybridized carbons (Fsp3) is 0.304. The molecule has 1 saturated heterocycles. The van der Waals surface area contributed by atoms with Crippen molar-refractivity contribution in [1.82, 2.24) is 20.1 Å². The van der Waals surface area contributed by atoms with Gasteiger partial charge in [0.15, 0.2) is 5.69 Å². The number of oxazole rings is 1. The number of benzene rings is 2. The lowest BCUT2D eigenvalue weighted by Gasteiger charge is -2.34. The van der Waals surface area contributed by atoms with Crippen LogP contribution in [-0.2, 0) is 19.6 Å². The fourth-order valence-electron chi connectivity index (χ4n) is 3.50. The highest BCUT2D eigenvalue weighted by Crippen LogP contribution is 2.12. The monoisotopic (exact) mass is 408 g/mol. The van der Waals surface area contributed by atoms with Gasteiger partial charge in [-0.3, -0.25) is 14.6 Å². The average molecular weight is 408 g/mol. The Morgan fingerprint density at radius 3 is 2.30 bits per heavy atom. The second-order valence-electron chi connectivity index (χ2n) is 7.47. The van der Waals surface area contributed by atoms with E-state index in [2.05, 4.69) is 20.1 Å². The van der Waals surface area contributed by atoms with Gasteiger partial charge >= 0.3 is 0 Å². The van der Waals surface area contributed by atoms with E-state index < -0.39 is 0 Å². The molecule has 3 aromatic rings. The van der Waals surface area contributed by atoms with Crippen molar-refractivity contribution in [3.63, 3.8) is 0 Å². The Bertz CT molecular complexity index is 951. The number of nitrogens with zero attached hydrogens (tertiary/aromatic N) is 3. The summed E-state index contributed by atoms with van der Waals surface area (Å²) < 4.78 is 18.5. The van der Waals surface area contributed by atoms with Crippen molar-refractivity contribution in [2.75, 3.05) is 26.2 Å². The van der Waals surface area contributed by atoms with E-state index in [1.807, 2.05) is 42.5 Å². The molecule has 0 spiro atoms. The van der Waals surface area contributed by atoms with Gasteiger partial charge in [0.25, 0.3) is 5.91 Å². The van der Waals surface area contributed by atoms with E-state index in [4.69, 9.17) is 4.42 Å². The fourth-order valence-corrected chi connectivity index (χ4v) is 3.50. The van der Waals surface area contributed by atoms with Gasteiger partial charge in [-0.15, -0.1) is 0 Å². The van der Waals surface area contributed by atoms with Gasteiger partial charge in [0, 0.05) is 39.3 Å². The molecule has 0 aliphatic carbocycles. The van der Waals surface area contributed by atoms with Gasteiger partial charge in [0.2, 0.25) is 5.89 Å². The molecule has 2 heterocycles. The molecule has 1 aromatic heterocycles. The normalized spacial score (nSPS) is 15.2. The Labute approximate surface area is 175 Å². The molecular formula is C23H25FN4O2. The van der Waals surface area contributed by atoms with Crippen molar-refractivity contribution >= 4 is 5.91 Å². The van der Waals surface area contributed by atoms with E-state index in [1.54, 1.807) is 0 Å². The summed E-state index contributed by atoms with van der Waals surface area (Å²) in [5.74, 6) is 0.104. The summed E-state index contributed by atoms with van der Waals surface area (Å²) in [5, 5.41) is 2.86. The predicted octanol–water partition coefficient (Wildman–Crippen LogP) is 3.06. The molecule has 1 fully saturated rings. The van der Waals surface area contributed by atoms with Crippen LogP contribution in [0.1, 0.15) is 27.5 Å². The lowest BCUT2D eigenvalue weighted by atomic mass is 10.2.